The van der Waals surface area contributed by atoms with Crippen LogP contribution in [0.4, 0.5) is 4.39 Å². The van der Waals surface area contributed by atoms with Crippen LogP contribution in [0, 0.1) is 5.82 Å². The van der Waals surface area contributed by atoms with Gasteiger partial charge >= 0.3 is 0 Å². The second kappa shape index (κ2) is 11.5. The van der Waals surface area contributed by atoms with Crippen LogP contribution in [0.1, 0.15) is 44.8 Å². The summed E-state index contributed by atoms with van der Waals surface area (Å²) in [6.07, 6.45) is 2.85. The Kier molecular flexibility index (Phi) is 7.46. The summed E-state index contributed by atoms with van der Waals surface area (Å²) in [4.78, 5) is 44.2. The van der Waals surface area contributed by atoms with Gasteiger partial charge in [-0.3, -0.25) is 23.9 Å². The van der Waals surface area contributed by atoms with Gasteiger partial charge in [-0.15, -0.1) is 0 Å². The third-order valence-electron chi connectivity index (χ3n) is 7.52. The second-order valence-electron chi connectivity index (χ2n) is 10.2. The number of ether oxygens (including phenoxy) is 3. The molecule has 5 aromatic rings. The van der Waals surface area contributed by atoms with E-state index >= 15 is 4.39 Å². The van der Waals surface area contributed by atoms with Gasteiger partial charge < -0.3 is 14.2 Å². The molecule has 2 aromatic heterocycles. The number of halogens is 1. The average Bonchev–Trinajstić information content (AvgIpc) is 3.02. The predicted molar refractivity (Wildman–Crippen MR) is 159 cm³/mol. The van der Waals surface area contributed by atoms with E-state index in [1.165, 1.54) is 37.0 Å². The molecule has 0 aliphatic heterocycles. The molecule has 8 nitrogen and oxygen atoms in total. The Balaban J connectivity index is 1.30. The molecule has 1 aliphatic carbocycles. The number of carbonyl (C=O) groups excluding carboxylic acids is 2. The first kappa shape index (κ1) is 27.8. The molecular formula is C34H27FN2O6. The maximum Gasteiger partial charge on any atom is 0.266 e. The van der Waals surface area contributed by atoms with Gasteiger partial charge in [-0.2, -0.15) is 0 Å². The molecule has 0 amide bonds. The van der Waals surface area contributed by atoms with Crippen molar-refractivity contribution in [3.63, 3.8) is 0 Å². The Morgan fingerprint density at radius 1 is 0.884 bits per heavy atom. The van der Waals surface area contributed by atoms with E-state index in [4.69, 9.17) is 14.2 Å². The fraction of sp³-hybridized carbons (Fsp3) is 0.176. The van der Waals surface area contributed by atoms with Crippen molar-refractivity contribution < 1.29 is 28.2 Å². The van der Waals surface area contributed by atoms with Crippen LogP contribution >= 0.6 is 0 Å². The van der Waals surface area contributed by atoms with Gasteiger partial charge in [0.2, 0.25) is 0 Å². The number of aromatic nitrogens is 2. The lowest BCUT2D eigenvalue weighted by Crippen LogP contribution is -2.32. The van der Waals surface area contributed by atoms with E-state index in [2.05, 4.69) is 4.98 Å². The van der Waals surface area contributed by atoms with Gasteiger partial charge in [0.25, 0.3) is 5.56 Å². The SMILES string of the molecule is COc1cc2nccc(Oc3ccc(CC(=O)c4cc5c(n(-c6ccccc6)c4=O)CCCC5=O)cc3F)c2cc1OC. The zero-order valence-corrected chi connectivity index (χ0v) is 23.6. The van der Waals surface area contributed by atoms with Gasteiger partial charge in [-0.25, -0.2) is 4.39 Å². The third kappa shape index (κ3) is 5.25. The zero-order valence-electron chi connectivity index (χ0n) is 23.6. The Hall–Kier alpha value is -5.31. The minimum atomic E-state index is -0.682. The molecule has 3 aromatic carbocycles. The molecule has 0 atom stereocenters. The maximum atomic E-state index is 15.3. The van der Waals surface area contributed by atoms with Crippen LogP contribution in [-0.2, 0) is 12.8 Å². The Bertz CT molecular complexity index is 1950. The van der Waals surface area contributed by atoms with Crippen LogP contribution in [0.5, 0.6) is 23.0 Å². The topological polar surface area (TPSA) is 96.7 Å². The first-order valence-electron chi connectivity index (χ1n) is 13.8. The van der Waals surface area contributed by atoms with Gasteiger partial charge in [0.1, 0.15) is 5.75 Å². The molecule has 0 spiro atoms. The molecule has 0 saturated carbocycles. The predicted octanol–water partition coefficient (Wildman–Crippen LogP) is 6.28. The summed E-state index contributed by atoms with van der Waals surface area (Å²) in [6.45, 7) is 0. The summed E-state index contributed by atoms with van der Waals surface area (Å²) >= 11 is 0. The smallest absolute Gasteiger partial charge is 0.266 e. The van der Waals surface area contributed by atoms with Crippen molar-refractivity contribution in [3.8, 4) is 28.7 Å². The van der Waals surface area contributed by atoms with Crippen molar-refractivity contribution in [1.29, 1.82) is 0 Å². The number of pyridine rings is 2. The highest BCUT2D eigenvalue weighted by atomic mass is 19.1. The van der Waals surface area contributed by atoms with Gasteiger partial charge in [-0.05, 0) is 60.9 Å². The van der Waals surface area contributed by atoms with Gasteiger partial charge in [0, 0.05) is 47.4 Å². The highest BCUT2D eigenvalue weighted by Crippen LogP contribution is 2.37. The number of fused-ring (bicyclic) bond motifs is 2. The number of nitrogens with zero attached hydrogens (tertiary/aromatic N) is 2. The van der Waals surface area contributed by atoms with Gasteiger partial charge in [-0.1, -0.05) is 24.3 Å². The molecule has 0 fully saturated rings. The first-order valence-corrected chi connectivity index (χ1v) is 13.8. The summed E-state index contributed by atoms with van der Waals surface area (Å²) in [6, 6.07) is 19.6. The van der Waals surface area contributed by atoms with Crippen LogP contribution in [0.3, 0.4) is 0 Å². The lowest BCUT2D eigenvalue weighted by molar-refractivity contribution is 0.0971. The van der Waals surface area contributed by atoms with E-state index in [0.29, 0.717) is 69.9 Å². The molecule has 43 heavy (non-hydrogen) atoms. The summed E-state index contributed by atoms with van der Waals surface area (Å²) in [5.41, 5.74) is 1.90. The Morgan fingerprint density at radius 2 is 1.65 bits per heavy atom. The molecule has 0 N–H and O–H groups in total. The lowest BCUT2D eigenvalue weighted by Gasteiger charge is -2.21. The fourth-order valence-corrected chi connectivity index (χ4v) is 5.41. The molecule has 0 bridgehead atoms. The maximum absolute atomic E-state index is 15.3. The molecule has 0 radical (unpaired) electrons. The van der Waals surface area contributed by atoms with Crippen molar-refractivity contribution in [1.82, 2.24) is 9.55 Å². The Labute approximate surface area is 246 Å². The van der Waals surface area contributed by atoms with E-state index in [0.717, 1.165) is 0 Å². The number of Topliss-reactive ketones (excluding diaryl/α,β-unsaturated/α-hetero) is 2. The van der Waals surface area contributed by atoms with Crippen LogP contribution in [-0.4, -0.2) is 35.3 Å². The van der Waals surface area contributed by atoms with E-state index in [1.807, 2.05) is 6.07 Å². The number of methoxy groups -OCH3 is 2. The number of benzene rings is 3. The van der Waals surface area contributed by atoms with E-state index < -0.39 is 17.2 Å². The van der Waals surface area contributed by atoms with Crippen molar-refractivity contribution in [3.05, 3.63) is 118 Å². The number of para-hydroxylation sites is 1. The van der Waals surface area contributed by atoms with Crippen LogP contribution in [0.15, 0.2) is 83.8 Å². The van der Waals surface area contributed by atoms with E-state index in [-0.39, 0.29) is 23.5 Å². The zero-order chi connectivity index (χ0) is 30.1. The molecule has 216 valence electrons. The number of carbonyl (C=O) groups is 2. The average molecular weight is 579 g/mol. The molecule has 9 heteroatoms. The Morgan fingerprint density at radius 3 is 2.40 bits per heavy atom. The van der Waals surface area contributed by atoms with Gasteiger partial charge in [0.15, 0.2) is 34.6 Å². The van der Waals surface area contributed by atoms with E-state index in [9.17, 15) is 14.4 Å². The van der Waals surface area contributed by atoms with Crippen molar-refractivity contribution in [2.45, 2.75) is 25.7 Å². The van der Waals surface area contributed by atoms with Crippen LogP contribution in [0.2, 0.25) is 0 Å². The minimum absolute atomic E-state index is 0.0516. The second-order valence-corrected chi connectivity index (χ2v) is 10.2. The summed E-state index contributed by atoms with van der Waals surface area (Å²) < 4.78 is 33.4. The molecule has 0 unspecified atom stereocenters. The van der Waals surface area contributed by atoms with E-state index in [1.54, 1.807) is 54.7 Å². The first-order chi connectivity index (χ1) is 20.9. The van der Waals surface area contributed by atoms with Crippen molar-refractivity contribution in [2.24, 2.45) is 0 Å². The summed E-state index contributed by atoms with van der Waals surface area (Å²) in [5, 5.41) is 0.593. The quantitative estimate of drug-likeness (QED) is 0.200. The molecule has 2 heterocycles. The minimum Gasteiger partial charge on any atom is -0.493 e. The summed E-state index contributed by atoms with van der Waals surface area (Å²) in [5.74, 6) is -0.0235. The lowest BCUT2D eigenvalue weighted by atomic mass is 9.91. The van der Waals surface area contributed by atoms with Crippen LogP contribution < -0.4 is 19.8 Å². The van der Waals surface area contributed by atoms with Crippen molar-refractivity contribution in [2.75, 3.05) is 14.2 Å². The van der Waals surface area contributed by atoms with Gasteiger partial charge in [0.05, 0.1) is 25.3 Å². The number of hydrogen-bond acceptors (Lipinski definition) is 7. The highest BCUT2D eigenvalue weighted by molar-refractivity contribution is 6.03. The molecular weight excluding hydrogens is 551 g/mol. The number of hydrogen-bond donors (Lipinski definition) is 0. The highest BCUT2D eigenvalue weighted by Gasteiger charge is 2.26. The largest absolute Gasteiger partial charge is 0.493 e. The van der Waals surface area contributed by atoms with Crippen molar-refractivity contribution >= 4 is 22.5 Å². The standard InChI is InChI=1S/C34H27FN2O6/c1-41-32-18-22-26(19-33(32)42-2)36-14-13-30(22)43-31-12-11-20(15-25(31)35)16-29(39)24-17-23-27(9-6-10-28(23)38)37(34(24)40)21-7-4-3-5-8-21/h3-5,7-8,11-15,17-19H,6,9-10,16H2,1-2H3. The number of rotatable bonds is 8. The fourth-order valence-electron chi connectivity index (χ4n) is 5.41. The van der Waals surface area contributed by atoms with Crippen LogP contribution in [0.25, 0.3) is 16.6 Å². The third-order valence-corrected chi connectivity index (χ3v) is 7.52. The normalized spacial score (nSPS) is 12.6. The summed E-state index contributed by atoms with van der Waals surface area (Å²) in [7, 11) is 3.04. The monoisotopic (exact) mass is 578 g/mol. The number of ketones is 2. The molecule has 0 saturated heterocycles. The molecule has 1 aliphatic rings. The molecule has 6 rings (SSSR count).